The van der Waals surface area contributed by atoms with Crippen LogP contribution < -0.4 is 9.47 Å². The Morgan fingerprint density at radius 2 is 1.96 bits per heavy atom. The third-order valence-corrected chi connectivity index (χ3v) is 4.41. The van der Waals surface area contributed by atoms with E-state index in [2.05, 4.69) is 0 Å². The van der Waals surface area contributed by atoms with E-state index in [9.17, 15) is 9.18 Å². The first-order valence-corrected chi connectivity index (χ1v) is 8.56. The molecule has 1 aliphatic rings. The van der Waals surface area contributed by atoms with Crippen molar-refractivity contribution >= 4 is 12.0 Å². The molecule has 0 unspecified atom stereocenters. The second-order valence-corrected chi connectivity index (χ2v) is 6.23. The normalized spacial score (nSPS) is 13.7. The maximum Gasteiger partial charge on any atom is 0.247 e. The van der Waals surface area contributed by atoms with Crippen molar-refractivity contribution < 1.29 is 18.7 Å². The van der Waals surface area contributed by atoms with Gasteiger partial charge in [-0.3, -0.25) is 4.79 Å². The van der Waals surface area contributed by atoms with Crippen molar-refractivity contribution in [2.45, 2.75) is 25.4 Å². The summed E-state index contributed by atoms with van der Waals surface area (Å²) in [6, 6.07) is 12.1. The number of nitrogens with zero attached hydrogens (tertiary/aromatic N) is 1. The minimum Gasteiger partial charge on any atom is -0.497 e. The van der Waals surface area contributed by atoms with Crippen LogP contribution in [0.3, 0.4) is 0 Å². The summed E-state index contributed by atoms with van der Waals surface area (Å²) >= 11 is 0. The van der Waals surface area contributed by atoms with E-state index in [1.165, 1.54) is 12.1 Å². The highest BCUT2D eigenvalue weighted by atomic mass is 19.1. The molecule has 136 valence electrons. The SMILES string of the molecule is COc1ccc(OC)c(/C=C/C(=O)N(Cc2ccccc2F)C2CC2)c1. The zero-order chi connectivity index (χ0) is 18.5. The van der Waals surface area contributed by atoms with Gasteiger partial charge in [0.1, 0.15) is 17.3 Å². The largest absolute Gasteiger partial charge is 0.497 e. The van der Waals surface area contributed by atoms with Crippen LogP contribution in [0.4, 0.5) is 4.39 Å². The van der Waals surface area contributed by atoms with Gasteiger partial charge in [-0.2, -0.15) is 0 Å². The Balaban J connectivity index is 1.78. The van der Waals surface area contributed by atoms with E-state index < -0.39 is 0 Å². The highest BCUT2D eigenvalue weighted by Gasteiger charge is 2.32. The molecule has 1 aliphatic carbocycles. The summed E-state index contributed by atoms with van der Waals surface area (Å²) in [6.07, 6.45) is 5.13. The number of carbonyl (C=O) groups is 1. The summed E-state index contributed by atoms with van der Waals surface area (Å²) in [6.45, 7) is 0.274. The topological polar surface area (TPSA) is 38.8 Å². The van der Waals surface area contributed by atoms with Crippen LogP contribution in [0.15, 0.2) is 48.5 Å². The Kier molecular flexibility index (Phi) is 5.56. The van der Waals surface area contributed by atoms with Crippen molar-refractivity contribution in [3.63, 3.8) is 0 Å². The van der Waals surface area contributed by atoms with Crippen molar-refractivity contribution in [2.75, 3.05) is 14.2 Å². The molecule has 4 nitrogen and oxygen atoms in total. The van der Waals surface area contributed by atoms with Gasteiger partial charge in [-0.05, 0) is 43.2 Å². The van der Waals surface area contributed by atoms with Crippen molar-refractivity contribution in [1.82, 2.24) is 4.90 Å². The lowest BCUT2D eigenvalue weighted by molar-refractivity contribution is -0.127. The number of amides is 1. The molecule has 0 aliphatic heterocycles. The summed E-state index contributed by atoms with van der Waals surface area (Å²) in [7, 11) is 3.17. The van der Waals surface area contributed by atoms with Gasteiger partial charge < -0.3 is 14.4 Å². The molecule has 2 aromatic rings. The van der Waals surface area contributed by atoms with Gasteiger partial charge in [0.2, 0.25) is 5.91 Å². The molecule has 0 heterocycles. The van der Waals surface area contributed by atoms with Crippen LogP contribution in [0.25, 0.3) is 6.08 Å². The van der Waals surface area contributed by atoms with E-state index in [0.29, 0.717) is 17.1 Å². The van der Waals surface area contributed by atoms with Gasteiger partial charge in [0.15, 0.2) is 0 Å². The average molecular weight is 355 g/mol. The van der Waals surface area contributed by atoms with Gasteiger partial charge in [0, 0.05) is 29.8 Å². The first-order valence-electron chi connectivity index (χ1n) is 8.56. The lowest BCUT2D eigenvalue weighted by Crippen LogP contribution is -2.31. The van der Waals surface area contributed by atoms with Crippen LogP contribution in [-0.2, 0) is 11.3 Å². The maximum absolute atomic E-state index is 13.9. The molecule has 26 heavy (non-hydrogen) atoms. The summed E-state index contributed by atoms with van der Waals surface area (Å²) in [5, 5.41) is 0. The highest BCUT2D eigenvalue weighted by molar-refractivity contribution is 5.92. The van der Waals surface area contributed by atoms with Crippen molar-refractivity contribution in [3.05, 3.63) is 65.5 Å². The van der Waals surface area contributed by atoms with E-state index in [-0.39, 0.29) is 24.3 Å². The number of carbonyl (C=O) groups excluding carboxylic acids is 1. The fourth-order valence-electron chi connectivity index (χ4n) is 2.81. The summed E-state index contributed by atoms with van der Waals surface area (Å²) in [4.78, 5) is 14.4. The number of rotatable bonds is 7. The molecule has 1 saturated carbocycles. The Hall–Kier alpha value is -2.82. The van der Waals surface area contributed by atoms with Crippen LogP contribution in [0.2, 0.25) is 0 Å². The van der Waals surface area contributed by atoms with Gasteiger partial charge in [-0.25, -0.2) is 4.39 Å². The summed E-state index contributed by atoms with van der Waals surface area (Å²) in [5.74, 6) is 0.912. The number of hydrogen-bond acceptors (Lipinski definition) is 3. The zero-order valence-electron chi connectivity index (χ0n) is 14.9. The Morgan fingerprint density at radius 1 is 1.19 bits per heavy atom. The minimum atomic E-state index is -0.288. The lowest BCUT2D eigenvalue weighted by Gasteiger charge is -2.21. The summed E-state index contributed by atoms with van der Waals surface area (Å²) in [5.41, 5.74) is 1.28. The summed E-state index contributed by atoms with van der Waals surface area (Å²) < 4.78 is 24.5. The predicted octanol–water partition coefficient (Wildman–Crippen LogP) is 4.05. The number of ether oxygens (including phenoxy) is 2. The zero-order valence-corrected chi connectivity index (χ0v) is 14.9. The maximum atomic E-state index is 13.9. The molecule has 2 aromatic carbocycles. The molecule has 5 heteroatoms. The molecule has 1 fully saturated rings. The molecule has 3 rings (SSSR count). The van der Waals surface area contributed by atoms with Gasteiger partial charge in [-0.15, -0.1) is 0 Å². The number of benzene rings is 2. The van der Waals surface area contributed by atoms with E-state index in [1.54, 1.807) is 61.6 Å². The quantitative estimate of drug-likeness (QED) is 0.704. The van der Waals surface area contributed by atoms with Gasteiger partial charge in [-0.1, -0.05) is 18.2 Å². The highest BCUT2D eigenvalue weighted by Crippen LogP contribution is 2.30. The van der Waals surface area contributed by atoms with E-state index in [1.807, 2.05) is 0 Å². The standard InChI is InChI=1S/C21H22FNO3/c1-25-18-10-11-20(26-2)15(13-18)7-12-21(24)23(17-8-9-17)14-16-5-3-4-6-19(16)22/h3-7,10-13,17H,8-9,14H2,1-2H3/b12-7+. The van der Waals surface area contributed by atoms with E-state index in [4.69, 9.17) is 9.47 Å². The third-order valence-electron chi connectivity index (χ3n) is 4.41. The van der Waals surface area contributed by atoms with Gasteiger partial charge in [0.05, 0.1) is 14.2 Å². The molecule has 0 atom stereocenters. The van der Waals surface area contributed by atoms with Crippen LogP contribution in [0, 0.1) is 5.82 Å². The number of hydrogen-bond donors (Lipinski definition) is 0. The molecule has 0 saturated heterocycles. The third kappa shape index (κ3) is 4.23. The molecule has 0 N–H and O–H groups in total. The molecule has 0 spiro atoms. The molecule has 0 radical (unpaired) electrons. The van der Waals surface area contributed by atoms with E-state index in [0.717, 1.165) is 18.4 Å². The van der Waals surface area contributed by atoms with E-state index >= 15 is 0 Å². The van der Waals surface area contributed by atoms with Crippen LogP contribution in [-0.4, -0.2) is 31.1 Å². The van der Waals surface area contributed by atoms with Gasteiger partial charge >= 0.3 is 0 Å². The Morgan fingerprint density at radius 3 is 2.62 bits per heavy atom. The Bertz CT molecular complexity index is 815. The first-order chi connectivity index (χ1) is 12.6. The lowest BCUT2D eigenvalue weighted by atomic mass is 10.1. The smallest absolute Gasteiger partial charge is 0.247 e. The second-order valence-electron chi connectivity index (χ2n) is 6.23. The fraction of sp³-hybridized carbons (Fsp3) is 0.286. The average Bonchev–Trinajstić information content (AvgIpc) is 3.50. The molecular formula is C21H22FNO3. The van der Waals surface area contributed by atoms with Crippen LogP contribution in [0.1, 0.15) is 24.0 Å². The molecule has 1 amide bonds. The monoisotopic (exact) mass is 355 g/mol. The predicted molar refractivity (Wildman–Crippen MR) is 98.6 cm³/mol. The Labute approximate surface area is 152 Å². The minimum absolute atomic E-state index is 0.138. The molecule has 0 bridgehead atoms. The first kappa shape index (κ1) is 18.0. The molecular weight excluding hydrogens is 333 g/mol. The second kappa shape index (κ2) is 8.04. The number of methoxy groups -OCH3 is 2. The van der Waals surface area contributed by atoms with Crippen LogP contribution >= 0.6 is 0 Å². The van der Waals surface area contributed by atoms with Gasteiger partial charge in [0.25, 0.3) is 0 Å². The fourth-order valence-corrected chi connectivity index (χ4v) is 2.81. The number of halogens is 1. The van der Waals surface area contributed by atoms with Crippen LogP contribution in [0.5, 0.6) is 11.5 Å². The van der Waals surface area contributed by atoms with Crippen molar-refractivity contribution in [2.24, 2.45) is 0 Å². The molecule has 0 aromatic heterocycles. The van der Waals surface area contributed by atoms with Crippen molar-refractivity contribution in [3.8, 4) is 11.5 Å². The van der Waals surface area contributed by atoms with Crippen molar-refractivity contribution in [1.29, 1.82) is 0 Å².